The predicted molar refractivity (Wildman–Crippen MR) is 141 cm³/mol. The average molecular weight is 517 g/mol. The number of aromatic amines is 1. The number of para-hydroxylation sites is 2. The molecule has 8 nitrogen and oxygen atoms in total. The Labute approximate surface area is 211 Å². The summed E-state index contributed by atoms with van der Waals surface area (Å²) >= 11 is 1.28. The molecule has 0 aliphatic rings. The highest BCUT2D eigenvalue weighted by molar-refractivity contribution is 7.99. The number of benzene rings is 4. The molecule has 5 aromatic rings. The van der Waals surface area contributed by atoms with Gasteiger partial charge in [0.15, 0.2) is 5.16 Å². The van der Waals surface area contributed by atoms with Gasteiger partial charge in [-0.25, -0.2) is 10.4 Å². The minimum Gasteiger partial charge on any atom is -0.379 e. The van der Waals surface area contributed by atoms with Gasteiger partial charge in [-0.3, -0.25) is 4.79 Å². The SMILES string of the molecule is O=C(CSc1nc2ccccc2[nH]1)N/N=C\c1ccc(OS(=O)(=O)c2ccc3ccccc3c2)cc1. The van der Waals surface area contributed by atoms with Gasteiger partial charge in [0.05, 0.1) is 23.0 Å². The standard InChI is InChI=1S/C26H20N4O4S2/c31-25(17-35-26-28-23-7-3-4-8-24(23)29-26)30-27-16-18-9-12-21(13-10-18)34-36(32,33)22-14-11-19-5-1-2-6-20(19)15-22/h1-16H,17H2,(H,28,29)(H,30,31)/b27-16-. The van der Waals surface area contributed by atoms with Crippen LogP contribution in [0.15, 0.2) is 106 Å². The summed E-state index contributed by atoms with van der Waals surface area (Å²) in [7, 11) is -3.98. The number of imidazole rings is 1. The topological polar surface area (TPSA) is 114 Å². The summed E-state index contributed by atoms with van der Waals surface area (Å²) < 4.78 is 30.7. The van der Waals surface area contributed by atoms with E-state index in [4.69, 9.17) is 4.18 Å². The van der Waals surface area contributed by atoms with E-state index in [1.807, 2.05) is 48.5 Å². The summed E-state index contributed by atoms with van der Waals surface area (Å²) in [6.07, 6.45) is 1.46. The maximum absolute atomic E-state index is 12.7. The lowest BCUT2D eigenvalue weighted by Crippen LogP contribution is -2.19. The van der Waals surface area contributed by atoms with Crippen LogP contribution in [0.1, 0.15) is 5.56 Å². The zero-order valence-corrected chi connectivity index (χ0v) is 20.4. The second-order valence-electron chi connectivity index (χ2n) is 7.76. The van der Waals surface area contributed by atoms with Crippen LogP contribution in [0.2, 0.25) is 0 Å². The molecular formula is C26H20N4O4S2. The van der Waals surface area contributed by atoms with Gasteiger partial charge in [-0.15, -0.1) is 0 Å². The van der Waals surface area contributed by atoms with Gasteiger partial charge in [-0.05, 0) is 64.9 Å². The number of nitrogens with one attached hydrogen (secondary N) is 2. The van der Waals surface area contributed by atoms with Crippen LogP contribution in [0.3, 0.4) is 0 Å². The molecular weight excluding hydrogens is 496 g/mol. The predicted octanol–water partition coefficient (Wildman–Crippen LogP) is 4.73. The third-order valence-electron chi connectivity index (χ3n) is 5.21. The minimum atomic E-state index is -3.98. The molecule has 0 saturated heterocycles. The molecule has 4 aromatic carbocycles. The summed E-state index contributed by atoms with van der Waals surface area (Å²) in [5.74, 6) is 0.0426. The number of carbonyl (C=O) groups is 1. The number of aromatic nitrogens is 2. The molecule has 36 heavy (non-hydrogen) atoms. The quantitative estimate of drug-likeness (QED) is 0.133. The highest BCUT2D eigenvalue weighted by atomic mass is 32.2. The molecule has 180 valence electrons. The highest BCUT2D eigenvalue weighted by Crippen LogP contribution is 2.23. The number of hydrogen-bond acceptors (Lipinski definition) is 7. The summed E-state index contributed by atoms with van der Waals surface area (Å²) in [6, 6.07) is 26.3. The third-order valence-corrected chi connectivity index (χ3v) is 7.32. The fourth-order valence-electron chi connectivity index (χ4n) is 3.45. The monoisotopic (exact) mass is 516 g/mol. The van der Waals surface area contributed by atoms with Crippen molar-refractivity contribution in [2.45, 2.75) is 10.1 Å². The Bertz CT molecular complexity index is 1650. The molecule has 0 spiro atoms. The van der Waals surface area contributed by atoms with Gasteiger partial charge >= 0.3 is 10.1 Å². The van der Waals surface area contributed by atoms with Gasteiger partial charge < -0.3 is 9.17 Å². The van der Waals surface area contributed by atoms with Crippen LogP contribution >= 0.6 is 11.8 Å². The maximum Gasteiger partial charge on any atom is 0.339 e. The van der Waals surface area contributed by atoms with Crippen molar-refractivity contribution < 1.29 is 17.4 Å². The first-order valence-corrected chi connectivity index (χ1v) is 13.3. The van der Waals surface area contributed by atoms with E-state index < -0.39 is 10.1 Å². The van der Waals surface area contributed by atoms with Gasteiger partial charge in [0.2, 0.25) is 0 Å². The van der Waals surface area contributed by atoms with Crippen molar-refractivity contribution in [1.82, 2.24) is 15.4 Å². The summed E-state index contributed by atoms with van der Waals surface area (Å²) in [5, 5.41) is 6.36. The van der Waals surface area contributed by atoms with Gasteiger partial charge in [0, 0.05) is 0 Å². The van der Waals surface area contributed by atoms with Crippen molar-refractivity contribution in [3.05, 3.63) is 96.6 Å². The van der Waals surface area contributed by atoms with Gasteiger partial charge in [-0.1, -0.05) is 54.2 Å². The Hall–Kier alpha value is -4.15. The molecule has 1 amide bonds. The van der Waals surface area contributed by atoms with Crippen molar-refractivity contribution in [2.75, 3.05) is 5.75 Å². The van der Waals surface area contributed by atoms with Crippen molar-refractivity contribution >= 4 is 55.8 Å². The number of H-pyrrole nitrogens is 1. The third kappa shape index (κ3) is 5.56. The van der Waals surface area contributed by atoms with E-state index >= 15 is 0 Å². The molecule has 0 atom stereocenters. The molecule has 5 rings (SSSR count). The molecule has 0 fully saturated rings. The largest absolute Gasteiger partial charge is 0.379 e. The van der Waals surface area contributed by atoms with Crippen LogP contribution in [0, 0.1) is 0 Å². The molecule has 0 unspecified atom stereocenters. The Kier molecular flexibility index (Phi) is 6.70. The lowest BCUT2D eigenvalue weighted by molar-refractivity contribution is -0.118. The summed E-state index contributed by atoms with van der Waals surface area (Å²) in [6.45, 7) is 0. The van der Waals surface area contributed by atoms with E-state index in [1.54, 1.807) is 24.3 Å². The highest BCUT2D eigenvalue weighted by Gasteiger charge is 2.17. The zero-order valence-electron chi connectivity index (χ0n) is 18.8. The average Bonchev–Trinajstić information content (AvgIpc) is 3.31. The number of fused-ring (bicyclic) bond motifs is 2. The van der Waals surface area contributed by atoms with E-state index in [9.17, 15) is 13.2 Å². The molecule has 0 bridgehead atoms. The Morgan fingerprint density at radius 1 is 0.972 bits per heavy atom. The van der Waals surface area contributed by atoms with Crippen LogP contribution in [0.5, 0.6) is 5.75 Å². The van der Waals surface area contributed by atoms with E-state index in [0.29, 0.717) is 10.7 Å². The molecule has 1 heterocycles. The van der Waals surface area contributed by atoms with Crippen molar-refractivity contribution in [3.8, 4) is 5.75 Å². The molecule has 10 heteroatoms. The molecule has 2 N–H and O–H groups in total. The Balaban J connectivity index is 1.15. The Morgan fingerprint density at radius 3 is 2.53 bits per heavy atom. The molecule has 1 aromatic heterocycles. The lowest BCUT2D eigenvalue weighted by Gasteiger charge is -2.08. The molecule has 0 aliphatic carbocycles. The van der Waals surface area contributed by atoms with Crippen molar-refractivity contribution in [3.63, 3.8) is 0 Å². The fraction of sp³-hybridized carbons (Fsp3) is 0.0385. The normalized spacial score (nSPS) is 11.8. The lowest BCUT2D eigenvalue weighted by atomic mass is 10.1. The van der Waals surface area contributed by atoms with Crippen molar-refractivity contribution in [2.24, 2.45) is 5.10 Å². The number of thioether (sulfide) groups is 1. The van der Waals surface area contributed by atoms with E-state index in [2.05, 4.69) is 20.5 Å². The van der Waals surface area contributed by atoms with Crippen LogP contribution < -0.4 is 9.61 Å². The first kappa shape index (κ1) is 23.6. The number of carbonyl (C=O) groups excluding carboxylic acids is 1. The fourth-order valence-corrected chi connectivity index (χ4v) is 5.09. The first-order valence-electron chi connectivity index (χ1n) is 10.9. The number of hydrazone groups is 1. The van der Waals surface area contributed by atoms with Gasteiger partial charge in [0.1, 0.15) is 10.6 Å². The minimum absolute atomic E-state index is 0.0788. The first-order chi connectivity index (χ1) is 17.5. The molecule has 0 radical (unpaired) electrons. The zero-order chi connectivity index (χ0) is 25.0. The summed E-state index contributed by atoms with van der Waals surface area (Å²) in [4.78, 5) is 19.7. The van der Waals surface area contributed by atoms with E-state index in [0.717, 1.165) is 21.8 Å². The number of hydrogen-bond donors (Lipinski definition) is 2. The van der Waals surface area contributed by atoms with Gasteiger partial charge in [-0.2, -0.15) is 13.5 Å². The van der Waals surface area contributed by atoms with E-state index in [1.165, 1.54) is 36.2 Å². The second-order valence-corrected chi connectivity index (χ2v) is 10.3. The summed E-state index contributed by atoms with van der Waals surface area (Å²) in [5.41, 5.74) is 4.88. The molecule has 0 saturated carbocycles. The smallest absolute Gasteiger partial charge is 0.339 e. The number of amides is 1. The number of nitrogens with zero attached hydrogens (tertiary/aromatic N) is 2. The van der Waals surface area contributed by atoms with E-state index in [-0.39, 0.29) is 22.3 Å². The second kappa shape index (κ2) is 10.2. The van der Waals surface area contributed by atoms with Crippen LogP contribution in [-0.2, 0) is 14.9 Å². The van der Waals surface area contributed by atoms with Gasteiger partial charge in [0.25, 0.3) is 5.91 Å². The van der Waals surface area contributed by atoms with Crippen LogP contribution in [-0.4, -0.2) is 36.3 Å². The number of rotatable bonds is 8. The Morgan fingerprint density at radius 2 is 1.72 bits per heavy atom. The van der Waals surface area contributed by atoms with Crippen LogP contribution in [0.4, 0.5) is 0 Å². The van der Waals surface area contributed by atoms with Crippen LogP contribution in [0.25, 0.3) is 21.8 Å². The maximum atomic E-state index is 12.7. The molecule has 0 aliphatic heterocycles. The van der Waals surface area contributed by atoms with Crippen molar-refractivity contribution in [1.29, 1.82) is 0 Å².